The van der Waals surface area contributed by atoms with Gasteiger partial charge in [0.15, 0.2) is 0 Å². The first kappa shape index (κ1) is 16.9. The molecule has 1 unspecified atom stereocenters. The number of nitro groups is 1. The number of aryl methyl sites for hydroxylation is 1. The Balaban J connectivity index is 1.79. The van der Waals surface area contributed by atoms with E-state index in [4.69, 9.17) is 0 Å². The van der Waals surface area contributed by atoms with E-state index in [2.05, 4.69) is 5.32 Å². The van der Waals surface area contributed by atoms with E-state index in [1.54, 1.807) is 0 Å². The van der Waals surface area contributed by atoms with Gasteiger partial charge in [0, 0.05) is 11.7 Å². The molecule has 130 valence electrons. The summed E-state index contributed by atoms with van der Waals surface area (Å²) in [5.74, 6) is -1.10. The zero-order chi connectivity index (χ0) is 18.0. The van der Waals surface area contributed by atoms with Gasteiger partial charge < -0.3 is 10.2 Å². The predicted octanol–water partition coefficient (Wildman–Crippen LogP) is 3.51. The van der Waals surface area contributed by atoms with Crippen molar-refractivity contribution in [3.05, 3.63) is 64.0 Å². The fraction of sp³-hybridized carbons (Fsp3) is 0.278. The number of carbonyl (C=O) groups excluding carboxylic acids is 1. The van der Waals surface area contributed by atoms with E-state index in [0.29, 0.717) is 0 Å². The molecule has 1 aliphatic heterocycles. The number of amides is 1. The van der Waals surface area contributed by atoms with Crippen LogP contribution < -0.4 is 10.2 Å². The molecule has 0 saturated carbocycles. The average Bonchev–Trinajstić information content (AvgIpc) is 2.59. The molecule has 0 saturated heterocycles. The first-order chi connectivity index (χ1) is 12.0. The SMILES string of the molecule is CC1CCc2ccccc2N1CC(=O)Nc1ccc(F)cc1[N+](=O)[O-]. The van der Waals surface area contributed by atoms with Crippen LogP contribution in [0.1, 0.15) is 18.9 Å². The maximum atomic E-state index is 13.2. The first-order valence-electron chi connectivity index (χ1n) is 8.04. The van der Waals surface area contributed by atoms with Gasteiger partial charge in [-0.3, -0.25) is 14.9 Å². The van der Waals surface area contributed by atoms with Gasteiger partial charge in [-0.2, -0.15) is 0 Å². The summed E-state index contributed by atoms with van der Waals surface area (Å²) in [5.41, 5.74) is 1.72. The minimum atomic E-state index is -0.719. The van der Waals surface area contributed by atoms with Gasteiger partial charge >= 0.3 is 0 Å². The third-order valence-electron chi connectivity index (χ3n) is 4.41. The molecule has 1 N–H and O–H groups in total. The highest BCUT2D eigenvalue weighted by atomic mass is 19.1. The molecule has 25 heavy (non-hydrogen) atoms. The van der Waals surface area contributed by atoms with Crippen LogP contribution in [0.4, 0.5) is 21.5 Å². The highest BCUT2D eigenvalue weighted by Crippen LogP contribution is 2.30. The number of rotatable bonds is 4. The molecule has 1 aliphatic rings. The van der Waals surface area contributed by atoms with Crippen molar-refractivity contribution in [2.45, 2.75) is 25.8 Å². The molecular weight excluding hydrogens is 325 g/mol. The van der Waals surface area contributed by atoms with Crippen molar-refractivity contribution in [2.24, 2.45) is 0 Å². The van der Waals surface area contributed by atoms with Gasteiger partial charge in [0.2, 0.25) is 5.91 Å². The van der Waals surface area contributed by atoms with Gasteiger partial charge in [0.1, 0.15) is 11.5 Å². The van der Waals surface area contributed by atoms with E-state index in [-0.39, 0.29) is 24.2 Å². The molecule has 1 amide bonds. The van der Waals surface area contributed by atoms with E-state index >= 15 is 0 Å². The van der Waals surface area contributed by atoms with Crippen LogP contribution >= 0.6 is 0 Å². The quantitative estimate of drug-likeness (QED) is 0.681. The number of nitro benzene ring substituents is 1. The predicted molar refractivity (Wildman–Crippen MR) is 93.3 cm³/mol. The molecule has 2 aromatic carbocycles. The molecule has 1 heterocycles. The van der Waals surface area contributed by atoms with E-state index in [1.165, 1.54) is 11.6 Å². The maximum absolute atomic E-state index is 13.2. The minimum absolute atomic E-state index is 0.00523. The number of hydrogen-bond donors (Lipinski definition) is 1. The molecule has 6 nitrogen and oxygen atoms in total. The van der Waals surface area contributed by atoms with Crippen LogP contribution in [-0.2, 0) is 11.2 Å². The number of nitrogens with one attached hydrogen (secondary N) is 1. The van der Waals surface area contributed by atoms with E-state index in [9.17, 15) is 19.3 Å². The number of carbonyl (C=O) groups is 1. The van der Waals surface area contributed by atoms with Crippen LogP contribution in [0, 0.1) is 15.9 Å². The Morgan fingerprint density at radius 3 is 2.88 bits per heavy atom. The molecule has 0 fully saturated rings. The van der Waals surface area contributed by atoms with Crippen molar-refractivity contribution in [3.63, 3.8) is 0 Å². The van der Waals surface area contributed by atoms with E-state index < -0.39 is 16.4 Å². The standard InChI is InChI=1S/C18H18FN3O3/c1-12-6-7-13-4-2-3-5-16(13)21(12)11-18(23)20-15-9-8-14(19)10-17(15)22(24)25/h2-5,8-10,12H,6-7,11H2,1H3,(H,20,23). The number of halogens is 1. The van der Waals surface area contributed by atoms with Crippen LogP contribution in [0.15, 0.2) is 42.5 Å². The Kier molecular flexibility index (Phi) is 4.65. The zero-order valence-corrected chi connectivity index (χ0v) is 13.7. The minimum Gasteiger partial charge on any atom is -0.359 e. The van der Waals surface area contributed by atoms with Gasteiger partial charge in [-0.05, 0) is 43.5 Å². The number of hydrogen-bond acceptors (Lipinski definition) is 4. The Labute approximate surface area is 144 Å². The summed E-state index contributed by atoms with van der Waals surface area (Å²) in [6.45, 7) is 2.12. The van der Waals surface area contributed by atoms with E-state index in [1.807, 2.05) is 36.1 Å². The Morgan fingerprint density at radius 1 is 1.36 bits per heavy atom. The Morgan fingerprint density at radius 2 is 2.12 bits per heavy atom. The molecule has 0 spiro atoms. The van der Waals surface area contributed by atoms with Crippen LogP contribution in [-0.4, -0.2) is 23.4 Å². The van der Waals surface area contributed by atoms with Crippen molar-refractivity contribution >= 4 is 23.0 Å². The van der Waals surface area contributed by atoms with Gasteiger partial charge in [-0.25, -0.2) is 4.39 Å². The molecule has 3 rings (SSSR count). The number of fused-ring (bicyclic) bond motifs is 1. The summed E-state index contributed by atoms with van der Waals surface area (Å²) >= 11 is 0. The number of anilines is 2. The first-order valence-corrected chi connectivity index (χ1v) is 8.04. The number of nitrogens with zero attached hydrogens (tertiary/aromatic N) is 2. The Bertz CT molecular complexity index is 825. The van der Waals surface area contributed by atoms with Crippen LogP contribution in [0.3, 0.4) is 0 Å². The van der Waals surface area contributed by atoms with Crippen LogP contribution in [0.2, 0.25) is 0 Å². The largest absolute Gasteiger partial charge is 0.359 e. The van der Waals surface area contributed by atoms with Crippen molar-refractivity contribution in [2.75, 3.05) is 16.8 Å². The van der Waals surface area contributed by atoms with Crippen molar-refractivity contribution in [1.29, 1.82) is 0 Å². The average molecular weight is 343 g/mol. The molecule has 7 heteroatoms. The molecule has 1 atom stereocenters. The summed E-state index contributed by atoms with van der Waals surface area (Å²) in [6, 6.07) is 11.2. The lowest BCUT2D eigenvalue weighted by Crippen LogP contribution is -2.42. The second kappa shape index (κ2) is 6.88. The lowest BCUT2D eigenvalue weighted by Gasteiger charge is -2.36. The third kappa shape index (κ3) is 3.60. The molecular formula is C18H18FN3O3. The normalized spacial score (nSPS) is 16.2. The lowest BCUT2D eigenvalue weighted by atomic mass is 9.96. The van der Waals surface area contributed by atoms with Gasteiger partial charge in [-0.1, -0.05) is 18.2 Å². The second-order valence-electron chi connectivity index (χ2n) is 6.11. The van der Waals surface area contributed by atoms with Crippen molar-refractivity contribution in [1.82, 2.24) is 0 Å². The third-order valence-corrected chi connectivity index (χ3v) is 4.41. The van der Waals surface area contributed by atoms with Crippen LogP contribution in [0.25, 0.3) is 0 Å². The summed E-state index contributed by atoms with van der Waals surface area (Å²) < 4.78 is 13.2. The van der Waals surface area contributed by atoms with Crippen LogP contribution in [0.5, 0.6) is 0 Å². The number of para-hydroxylation sites is 1. The lowest BCUT2D eigenvalue weighted by molar-refractivity contribution is -0.384. The summed E-state index contributed by atoms with van der Waals surface area (Å²) in [5, 5.41) is 13.6. The maximum Gasteiger partial charge on any atom is 0.295 e. The highest BCUT2D eigenvalue weighted by Gasteiger charge is 2.25. The molecule has 2 aromatic rings. The molecule has 0 radical (unpaired) electrons. The summed E-state index contributed by atoms with van der Waals surface area (Å²) in [7, 11) is 0. The fourth-order valence-corrected chi connectivity index (χ4v) is 3.11. The second-order valence-corrected chi connectivity index (χ2v) is 6.11. The van der Waals surface area contributed by atoms with Crippen molar-refractivity contribution in [3.8, 4) is 0 Å². The molecule has 0 aromatic heterocycles. The Hall–Kier alpha value is -2.96. The number of benzene rings is 2. The zero-order valence-electron chi connectivity index (χ0n) is 13.7. The molecule has 0 aliphatic carbocycles. The van der Waals surface area contributed by atoms with Crippen molar-refractivity contribution < 1.29 is 14.1 Å². The monoisotopic (exact) mass is 343 g/mol. The molecule has 0 bridgehead atoms. The topological polar surface area (TPSA) is 75.5 Å². The smallest absolute Gasteiger partial charge is 0.295 e. The van der Waals surface area contributed by atoms with Gasteiger partial charge in [-0.15, -0.1) is 0 Å². The summed E-state index contributed by atoms with van der Waals surface area (Å²) in [6.07, 6.45) is 1.89. The van der Waals surface area contributed by atoms with Gasteiger partial charge in [0.05, 0.1) is 17.5 Å². The van der Waals surface area contributed by atoms with E-state index in [0.717, 1.165) is 30.7 Å². The highest BCUT2D eigenvalue weighted by molar-refractivity contribution is 5.96. The van der Waals surface area contributed by atoms with Gasteiger partial charge in [0.25, 0.3) is 5.69 Å². The fourth-order valence-electron chi connectivity index (χ4n) is 3.11. The summed E-state index contributed by atoms with van der Waals surface area (Å²) in [4.78, 5) is 24.7.